The maximum Gasteiger partial charge on any atom is 0.128 e. The summed E-state index contributed by atoms with van der Waals surface area (Å²) in [6.45, 7) is 8.97. The Hall–Kier alpha value is -3.50. The monoisotopic (exact) mass is 473 g/mol. The lowest BCUT2D eigenvalue weighted by Gasteiger charge is -2.18. The van der Waals surface area contributed by atoms with Crippen molar-refractivity contribution < 1.29 is 0 Å². The van der Waals surface area contributed by atoms with E-state index < -0.39 is 0 Å². The minimum absolute atomic E-state index is 0.434. The highest BCUT2D eigenvalue weighted by Gasteiger charge is 2.24. The topological polar surface area (TPSA) is 30.7 Å². The number of rotatable bonds is 2. The van der Waals surface area contributed by atoms with Crippen LogP contribution in [0.4, 0.5) is 0 Å². The van der Waals surface area contributed by atoms with Gasteiger partial charge in [-0.2, -0.15) is 0 Å². The number of thiophene rings is 1. The van der Waals surface area contributed by atoms with Crippen molar-refractivity contribution in [3.8, 4) is 16.9 Å². The Morgan fingerprint density at radius 1 is 0.914 bits per heavy atom. The van der Waals surface area contributed by atoms with Gasteiger partial charge in [-0.25, -0.2) is 4.98 Å². The SMILES string of the molecule is Cc1cc2cc(-c3nccc4c3sc3c4nc4n3-c3ccccc3CC4)cc(C(C)C)c2cc1C. The molecule has 0 fully saturated rings. The van der Waals surface area contributed by atoms with Crippen LogP contribution >= 0.6 is 11.3 Å². The summed E-state index contributed by atoms with van der Waals surface area (Å²) in [5.74, 6) is 1.60. The fraction of sp³-hybridized carbons (Fsp3) is 0.226. The number of hydrogen-bond donors (Lipinski definition) is 0. The van der Waals surface area contributed by atoms with Crippen molar-refractivity contribution in [2.24, 2.45) is 0 Å². The molecule has 0 bridgehead atoms. The molecular weight excluding hydrogens is 446 g/mol. The van der Waals surface area contributed by atoms with Gasteiger partial charge in [0.2, 0.25) is 0 Å². The molecule has 0 amide bonds. The third-order valence-corrected chi connectivity index (χ3v) is 8.79. The Bertz CT molecular complexity index is 1800. The van der Waals surface area contributed by atoms with Crippen LogP contribution in [0.5, 0.6) is 0 Å². The van der Waals surface area contributed by atoms with E-state index in [1.54, 1.807) is 0 Å². The van der Waals surface area contributed by atoms with Gasteiger partial charge in [0.05, 0.1) is 16.1 Å². The molecule has 4 heteroatoms. The van der Waals surface area contributed by atoms with E-state index in [0.29, 0.717) is 5.92 Å². The molecule has 0 unspecified atom stereocenters. The smallest absolute Gasteiger partial charge is 0.128 e. The van der Waals surface area contributed by atoms with E-state index in [2.05, 4.69) is 86.9 Å². The van der Waals surface area contributed by atoms with E-state index in [-0.39, 0.29) is 0 Å². The Kier molecular flexibility index (Phi) is 4.46. The molecule has 3 nitrogen and oxygen atoms in total. The molecule has 0 aliphatic carbocycles. The molecule has 0 saturated heterocycles. The summed E-state index contributed by atoms with van der Waals surface area (Å²) < 4.78 is 3.61. The summed E-state index contributed by atoms with van der Waals surface area (Å²) in [4.78, 5) is 11.3. The predicted octanol–water partition coefficient (Wildman–Crippen LogP) is 8.29. The first-order valence-corrected chi connectivity index (χ1v) is 13.2. The van der Waals surface area contributed by atoms with E-state index in [1.165, 1.54) is 65.0 Å². The second-order valence-corrected chi connectivity index (χ2v) is 11.2. The van der Waals surface area contributed by atoms with Gasteiger partial charge in [0, 0.05) is 23.6 Å². The standard InChI is InChI=1S/C31H27N3S/c1-17(2)24-16-22(15-21-13-18(3)19(4)14-25(21)24)28-30-23(11-12-32-28)29-31(35-30)34-26-8-6-5-7-20(26)9-10-27(34)33-29/h5-8,11-17H,9-10H2,1-4H3. The van der Waals surface area contributed by atoms with Crippen LogP contribution in [0, 0.1) is 13.8 Å². The van der Waals surface area contributed by atoms with Crippen molar-refractivity contribution in [2.45, 2.75) is 46.5 Å². The maximum atomic E-state index is 5.14. The van der Waals surface area contributed by atoms with E-state index in [4.69, 9.17) is 9.97 Å². The van der Waals surface area contributed by atoms with Crippen LogP contribution in [0.3, 0.4) is 0 Å². The largest absolute Gasteiger partial charge is 0.287 e. The highest BCUT2D eigenvalue weighted by atomic mass is 32.1. The fourth-order valence-corrected chi connectivity index (χ4v) is 6.92. The summed E-state index contributed by atoms with van der Waals surface area (Å²) in [5, 5.41) is 3.86. The van der Waals surface area contributed by atoms with Gasteiger partial charge < -0.3 is 0 Å². The van der Waals surface area contributed by atoms with E-state index in [9.17, 15) is 0 Å². The third-order valence-electron chi connectivity index (χ3n) is 7.61. The molecule has 6 aromatic rings. The van der Waals surface area contributed by atoms with Crippen LogP contribution < -0.4 is 0 Å². The summed E-state index contributed by atoms with van der Waals surface area (Å²) in [5.41, 5.74) is 10.1. The van der Waals surface area contributed by atoms with Crippen molar-refractivity contribution in [3.63, 3.8) is 0 Å². The van der Waals surface area contributed by atoms with Gasteiger partial charge in [0.25, 0.3) is 0 Å². The number of benzene rings is 3. The van der Waals surface area contributed by atoms with E-state index >= 15 is 0 Å². The third kappa shape index (κ3) is 3.02. The van der Waals surface area contributed by atoms with Gasteiger partial charge in [0.15, 0.2) is 0 Å². The number of para-hydroxylation sites is 1. The lowest BCUT2D eigenvalue weighted by molar-refractivity contribution is 0.791. The number of fused-ring (bicyclic) bond motifs is 8. The van der Waals surface area contributed by atoms with Crippen molar-refractivity contribution in [2.75, 3.05) is 0 Å². The van der Waals surface area contributed by atoms with Crippen molar-refractivity contribution in [3.05, 3.63) is 88.9 Å². The second kappa shape index (κ2) is 7.50. The summed E-state index contributed by atoms with van der Waals surface area (Å²) in [6.07, 6.45) is 3.99. The average Bonchev–Trinajstić information content (AvgIpc) is 3.40. The fourth-order valence-electron chi connectivity index (χ4n) is 5.64. The molecule has 172 valence electrons. The first-order chi connectivity index (χ1) is 17.0. The maximum absolute atomic E-state index is 5.14. The van der Waals surface area contributed by atoms with Crippen molar-refractivity contribution in [1.29, 1.82) is 0 Å². The van der Waals surface area contributed by atoms with Crippen LogP contribution in [-0.2, 0) is 12.8 Å². The average molecular weight is 474 g/mol. The number of nitrogens with zero attached hydrogens (tertiary/aromatic N) is 3. The Labute approximate surface area is 209 Å². The molecule has 1 aliphatic heterocycles. The molecule has 0 saturated carbocycles. The number of imidazole rings is 1. The molecule has 35 heavy (non-hydrogen) atoms. The minimum atomic E-state index is 0.434. The van der Waals surface area contributed by atoms with Crippen LogP contribution in [0.15, 0.2) is 60.8 Å². The molecule has 0 atom stereocenters. The normalized spacial score (nSPS) is 13.2. The molecule has 3 aromatic carbocycles. The predicted molar refractivity (Wildman–Crippen MR) is 148 cm³/mol. The number of hydrogen-bond acceptors (Lipinski definition) is 3. The van der Waals surface area contributed by atoms with E-state index in [0.717, 1.165) is 24.1 Å². The van der Waals surface area contributed by atoms with Gasteiger partial charge in [-0.15, -0.1) is 11.3 Å². The van der Waals surface area contributed by atoms with Crippen LogP contribution in [0.1, 0.15) is 47.8 Å². The summed E-state index contributed by atoms with van der Waals surface area (Å²) >= 11 is 1.83. The van der Waals surface area contributed by atoms with Gasteiger partial charge in [-0.1, -0.05) is 44.2 Å². The van der Waals surface area contributed by atoms with Crippen molar-refractivity contribution in [1.82, 2.24) is 14.5 Å². The molecule has 3 aromatic heterocycles. The number of pyridine rings is 1. The lowest BCUT2D eigenvalue weighted by atomic mass is 9.90. The molecule has 1 aliphatic rings. The summed E-state index contributed by atoms with van der Waals surface area (Å²) in [7, 11) is 0. The minimum Gasteiger partial charge on any atom is -0.287 e. The zero-order valence-corrected chi connectivity index (χ0v) is 21.3. The molecule has 7 rings (SSSR count). The van der Waals surface area contributed by atoms with Gasteiger partial charge in [0.1, 0.15) is 16.2 Å². The molecule has 0 N–H and O–H groups in total. The first kappa shape index (κ1) is 20.8. The number of aryl methyl sites for hydroxylation is 4. The van der Waals surface area contributed by atoms with Gasteiger partial charge in [-0.3, -0.25) is 9.55 Å². The van der Waals surface area contributed by atoms with Crippen LogP contribution in [0.2, 0.25) is 0 Å². The van der Waals surface area contributed by atoms with Gasteiger partial charge in [-0.05, 0) is 83.5 Å². The molecule has 0 radical (unpaired) electrons. The number of aromatic nitrogens is 3. The quantitative estimate of drug-likeness (QED) is 0.253. The van der Waals surface area contributed by atoms with Crippen LogP contribution in [-0.4, -0.2) is 14.5 Å². The van der Waals surface area contributed by atoms with Gasteiger partial charge >= 0.3 is 0 Å². The molecule has 4 heterocycles. The van der Waals surface area contributed by atoms with Crippen LogP contribution in [0.25, 0.3) is 48.2 Å². The molecular formula is C31H27N3S. The lowest BCUT2D eigenvalue weighted by Crippen LogP contribution is -2.11. The second-order valence-electron chi connectivity index (χ2n) is 10.2. The first-order valence-electron chi connectivity index (χ1n) is 12.4. The van der Waals surface area contributed by atoms with E-state index in [1.807, 2.05) is 17.5 Å². The summed E-state index contributed by atoms with van der Waals surface area (Å²) in [6, 6.07) is 20.2. The Balaban J connectivity index is 1.51. The zero-order chi connectivity index (χ0) is 23.8. The Morgan fingerprint density at radius 3 is 2.60 bits per heavy atom. The highest BCUT2D eigenvalue weighted by Crippen LogP contribution is 2.43. The molecule has 0 spiro atoms. The zero-order valence-electron chi connectivity index (χ0n) is 20.5. The Morgan fingerprint density at radius 2 is 1.74 bits per heavy atom. The van der Waals surface area contributed by atoms with Crippen molar-refractivity contribution >= 4 is 42.5 Å². The highest BCUT2D eigenvalue weighted by molar-refractivity contribution is 7.26.